The smallest absolute Gasteiger partial charge is 0.0464 e. The number of hydrogen-bond acceptors (Lipinski definition) is 2. The molecule has 0 aliphatic rings. The highest BCUT2D eigenvalue weighted by Gasteiger charge is 2.10. The van der Waals surface area contributed by atoms with E-state index in [-0.39, 0.29) is 0 Å². The van der Waals surface area contributed by atoms with Crippen LogP contribution in [0.5, 0.6) is 0 Å². The van der Waals surface area contributed by atoms with Crippen molar-refractivity contribution >= 4 is 0 Å². The zero-order valence-corrected chi connectivity index (χ0v) is 8.62. The van der Waals surface area contributed by atoms with Gasteiger partial charge in [-0.15, -0.1) is 0 Å². The van der Waals surface area contributed by atoms with Crippen LogP contribution in [0.4, 0.5) is 0 Å². The summed E-state index contributed by atoms with van der Waals surface area (Å²) in [6.07, 6.45) is 0. The third kappa shape index (κ3) is 2.54. The van der Waals surface area contributed by atoms with Crippen molar-refractivity contribution in [2.75, 3.05) is 20.6 Å². The highest BCUT2D eigenvalue weighted by Crippen LogP contribution is 2.17. The van der Waals surface area contributed by atoms with Gasteiger partial charge in [-0.25, -0.2) is 0 Å². The van der Waals surface area contributed by atoms with Gasteiger partial charge in [0.05, 0.1) is 0 Å². The van der Waals surface area contributed by atoms with Crippen LogP contribution >= 0.6 is 0 Å². The van der Waals surface area contributed by atoms with Crippen LogP contribution < -0.4 is 5.73 Å². The molecular formula is C11H18N2. The second-order valence-corrected chi connectivity index (χ2v) is 3.63. The van der Waals surface area contributed by atoms with E-state index in [1.54, 1.807) is 0 Å². The largest absolute Gasteiger partial charge is 0.329 e. The number of aryl methyl sites for hydroxylation is 1. The van der Waals surface area contributed by atoms with Gasteiger partial charge in [0.2, 0.25) is 0 Å². The molecule has 0 aliphatic heterocycles. The Morgan fingerprint density at radius 1 is 1.38 bits per heavy atom. The Labute approximate surface area is 80.4 Å². The van der Waals surface area contributed by atoms with Gasteiger partial charge in [-0.05, 0) is 26.6 Å². The molecule has 13 heavy (non-hydrogen) atoms. The first-order valence-corrected chi connectivity index (χ1v) is 4.58. The minimum Gasteiger partial charge on any atom is -0.329 e. The average molecular weight is 178 g/mol. The maximum Gasteiger partial charge on any atom is 0.0464 e. The summed E-state index contributed by atoms with van der Waals surface area (Å²) in [7, 11) is 4.11. The van der Waals surface area contributed by atoms with Gasteiger partial charge >= 0.3 is 0 Å². The summed E-state index contributed by atoms with van der Waals surface area (Å²) in [5.74, 6) is 0. The van der Waals surface area contributed by atoms with Crippen LogP contribution in [-0.2, 0) is 0 Å². The van der Waals surface area contributed by atoms with Crippen LogP contribution in [0.15, 0.2) is 24.3 Å². The third-order valence-corrected chi connectivity index (χ3v) is 2.27. The Bertz CT molecular complexity index is 269. The molecule has 0 radical (unpaired) electrons. The molecule has 0 aliphatic carbocycles. The average Bonchev–Trinajstić information content (AvgIpc) is 2.04. The first kappa shape index (κ1) is 10.2. The van der Waals surface area contributed by atoms with Gasteiger partial charge in [-0.2, -0.15) is 0 Å². The molecule has 0 saturated carbocycles. The highest BCUT2D eigenvalue weighted by atomic mass is 15.1. The molecular weight excluding hydrogens is 160 g/mol. The molecule has 0 fully saturated rings. The number of nitrogens with zero attached hydrogens (tertiary/aromatic N) is 1. The summed E-state index contributed by atoms with van der Waals surface area (Å²) in [5.41, 5.74) is 8.30. The fourth-order valence-electron chi connectivity index (χ4n) is 1.52. The van der Waals surface area contributed by atoms with E-state index < -0.39 is 0 Å². The molecule has 0 heterocycles. The summed E-state index contributed by atoms with van der Waals surface area (Å²) in [4.78, 5) is 2.15. The van der Waals surface area contributed by atoms with Crippen LogP contribution in [0, 0.1) is 6.92 Å². The molecule has 1 aromatic rings. The molecule has 0 spiro atoms. The van der Waals surface area contributed by atoms with Crippen molar-refractivity contribution in [3.63, 3.8) is 0 Å². The second-order valence-electron chi connectivity index (χ2n) is 3.63. The van der Waals surface area contributed by atoms with Crippen molar-refractivity contribution < 1.29 is 0 Å². The normalized spacial score (nSPS) is 13.3. The first-order valence-electron chi connectivity index (χ1n) is 4.58. The molecule has 1 rings (SSSR count). The molecule has 0 aromatic heterocycles. The zero-order valence-electron chi connectivity index (χ0n) is 8.62. The topological polar surface area (TPSA) is 29.3 Å². The fraction of sp³-hybridized carbons (Fsp3) is 0.455. The lowest BCUT2D eigenvalue weighted by molar-refractivity contribution is 0.306. The SMILES string of the molecule is Cc1cccc(C(CN)N(C)C)c1. The van der Waals surface area contributed by atoms with E-state index in [0.717, 1.165) is 0 Å². The van der Waals surface area contributed by atoms with Gasteiger partial charge in [0, 0.05) is 12.6 Å². The highest BCUT2D eigenvalue weighted by molar-refractivity contribution is 5.25. The minimum atomic E-state index is 0.333. The van der Waals surface area contributed by atoms with Gasteiger partial charge in [-0.3, -0.25) is 0 Å². The molecule has 1 atom stereocenters. The van der Waals surface area contributed by atoms with Gasteiger partial charge in [0.25, 0.3) is 0 Å². The minimum absolute atomic E-state index is 0.333. The fourth-order valence-corrected chi connectivity index (χ4v) is 1.52. The van der Waals surface area contributed by atoms with E-state index >= 15 is 0 Å². The van der Waals surface area contributed by atoms with E-state index in [1.807, 2.05) is 0 Å². The van der Waals surface area contributed by atoms with Crippen LogP contribution in [0.2, 0.25) is 0 Å². The zero-order chi connectivity index (χ0) is 9.84. The van der Waals surface area contributed by atoms with Crippen molar-refractivity contribution in [2.45, 2.75) is 13.0 Å². The Morgan fingerprint density at radius 3 is 2.54 bits per heavy atom. The lowest BCUT2D eigenvalue weighted by atomic mass is 10.0. The van der Waals surface area contributed by atoms with E-state index in [2.05, 4.69) is 50.2 Å². The maximum atomic E-state index is 5.71. The van der Waals surface area contributed by atoms with Gasteiger partial charge in [-0.1, -0.05) is 29.8 Å². The molecule has 0 bridgehead atoms. The van der Waals surface area contributed by atoms with Crippen LogP contribution in [0.3, 0.4) is 0 Å². The standard InChI is InChI=1S/C11H18N2/c1-9-5-4-6-10(7-9)11(8-12)13(2)3/h4-7,11H,8,12H2,1-3H3. The molecule has 2 heteroatoms. The predicted octanol–water partition coefficient (Wildman–Crippen LogP) is 1.56. The Morgan fingerprint density at radius 2 is 2.08 bits per heavy atom. The third-order valence-electron chi connectivity index (χ3n) is 2.27. The van der Waals surface area contributed by atoms with Crippen LogP contribution in [0.25, 0.3) is 0 Å². The lowest BCUT2D eigenvalue weighted by Gasteiger charge is -2.23. The van der Waals surface area contributed by atoms with Crippen molar-refractivity contribution in [2.24, 2.45) is 5.73 Å². The Kier molecular flexibility index (Phi) is 3.46. The molecule has 2 N–H and O–H groups in total. The van der Waals surface area contributed by atoms with Crippen LogP contribution in [0.1, 0.15) is 17.2 Å². The van der Waals surface area contributed by atoms with E-state index in [9.17, 15) is 0 Å². The summed E-state index contributed by atoms with van der Waals surface area (Å²) < 4.78 is 0. The van der Waals surface area contributed by atoms with Gasteiger partial charge < -0.3 is 10.6 Å². The molecule has 72 valence electrons. The number of benzene rings is 1. The van der Waals surface area contributed by atoms with Crippen molar-refractivity contribution in [3.05, 3.63) is 35.4 Å². The second kappa shape index (κ2) is 4.40. The molecule has 1 aromatic carbocycles. The van der Waals surface area contributed by atoms with Crippen molar-refractivity contribution in [1.29, 1.82) is 0 Å². The first-order chi connectivity index (χ1) is 6.15. The molecule has 1 unspecified atom stereocenters. The Hall–Kier alpha value is -0.860. The molecule has 0 saturated heterocycles. The summed E-state index contributed by atoms with van der Waals surface area (Å²) in [6.45, 7) is 2.77. The number of rotatable bonds is 3. The van der Waals surface area contributed by atoms with Crippen molar-refractivity contribution in [1.82, 2.24) is 4.90 Å². The summed E-state index contributed by atoms with van der Waals surface area (Å²) >= 11 is 0. The predicted molar refractivity (Wildman–Crippen MR) is 56.7 cm³/mol. The van der Waals surface area contributed by atoms with E-state index in [0.29, 0.717) is 12.6 Å². The quantitative estimate of drug-likeness (QED) is 0.761. The Balaban J connectivity index is 2.91. The van der Waals surface area contributed by atoms with Gasteiger partial charge in [0.15, 0.2) is 0 Å². The monoisotopic (exact) mass is 178 g/mol. The van der Waals surface area contributed by atoms with Gasteiger partial charge in [0.1, 0.15) is 0 Å². The number of nitrogens with two attached hydrogens (primary N) is 1. The summed E-state index contributed by atoms with van der Waals surface area (Å²) in [6, 6.07) is 8.84. The van der Waals surface area contributed by atoms with Crippen molar-refractivity contribution in [3.8, 4) is 0 Å². The maximum absolute atomic E-state index is 5.71. The number of hydrogen-bond donors (Lipinski definition) is 1. The summed E-state index contributed by atoms with van der Waals surface area (Å²) in [5, 5.41) is 0. The number of likely N-dealkylation sites (N-methyl/N-ethyl adjacent to an activating group) is 1. The molecule has 0 amide bonds. The molecule has 2 nitrogen and oxygen atoms in total. The van der Waals surface area contributed by atoms with E-state index in [1.165, 1.54) is 11.1 Å². The van der Waals surface area contributed by atoms with E-state index in [4.69, 9.17) is 5.73 Å². The van der Waals surface area contributed by atoms with Crippen LogP contribution in [-0.4, -0.2) is 25.5 Å². The lowest BCUT2D eigenvalue weighted by Crippen LogP contribution is -2.27.